The second-order valence-electron chi connectivity index (χ2n) is 1.55. The van der Waals surface area contributed by atoms with Crippen molar-refractivity contribution in [1.82, 2.24) is 0 Å². The summed E-state index contributed by atoms with van der Waals surface area (Å²) < 4.78 is 11.8. The minimum Gasteiger partial charge on any atom is -0.295 e. The van der Waals surface area contributed by atoms with Crippen LogP contribution in [0.5, 0.6) is 0 Å². The number of halogens is 1. The molecule has 0 spiro atoms. The van der Waals surface area contributed by atoms with Crippen LogP contribution in [0.3, 0.4) is 0 Å². The Balaban J connectivity index is 3.70. The fourth-order valence-corrected chi connectivity index (χ4v) is 0.324. The number of hydrogen-bond acceptors (Lipinski definition) is 1. The minimum absolute atomic E-state index is 0.162. The average molecular weight is 116 g/mol. The molecule has 0 radical (unpaired) electrons. The summed E-state index contributed by atoms with van der Waals surface area (Å²) in [6.45, 7) is 2.95. The minimum atomic E-state index is -0.420. The van der Waals surface area contributed by atoms with E-state index < -0.39 is 5.83 Å². The molecule has 46 valence electrons. The van der Waals surface area contributed by atoms with Crippen LogP contribution in [0.15, 0.2) is 11.9 Å². The molecule has 0 amide bonds. The summed E-state index contributed by atoms with van der Waals surface area (Å²) in [6.07, 6.45) is 1.38. The van der Waals surface area contributed by atoms with E-state index in [0.29, 0.717) is 6.42 Å². The molecule has 0 atom stereocenters. The van der Waals surface area contributed by atoms with Gasteiger partial charge in [0.15, 0.2) is 5.78 Å². The van der Waals surface area contributed by atoms with E-state index in [2.05, 4.69) is 0 Å². The Kier molecular flexibility index (Phi) is 3.08. The highest BCUT2D eigenvalue weighted by Gasteiger charge is 1.90. The largest absolute Gasteiger partial charge is 0.295 e. The Bertz CT molecular complexity index is 112. The first kappa shape index (κ1) is 7.34. The van der Waals surface area contributed by atoms with E-state index in [9.17, 15) is 9.18 Å². The number of carbonyl (C=O) groups excluding carboxylic acids is 1. The van der Waals surface area contributed by atoms with Gasteiger partial charge in [0.2, 0.25) is 0 Å². The lowest BCUT2D eigenvalue weighted by atomic mass is 10.3. The van der Waals surface area contributed by atoms with Crippen molar-refractivity contribution in [3.63, 3.8) is 0 Å². The fourth-order valence-electron chi connectivity index (χ4n) is 0.324. The molecule has 0 aliphatic carbocycles. The Hall–Kier alpha value is -0.660. The van der Waals surface area contributed by atoms with Gasteiger partial charge in [0, 0.05) is 12.5 Å². The topological polar surface area (TPSA) is 17.1 Å². The molecule has 0 N–H and O–H groups in total. The summed E-state index contributed by atoms with van der Waals surface area (Å²) in [5, 5.41) is 0. The molecule has 1 nitrogen and oxygen atoms in total. The molecule has 2 heteroatoms. The Morgan fingerprint density at radius 3 is 2.38 bits per heavy atom. The first-order chi connectivity index (χ1) is 3.66. The van der Waals surface area contributed by atoms with Crippen molar-refractivity contribution in [2.75, 3.05) is 0 Å². The lowest BCUT2D eigenvalue weighted by Gasteiger charge is -1.82. The molecule has 0 heterocycles. The van der Waals surface area contributed by atoms with E-state index in [0.717, 1.165) is 6.08 Å². The zero-order valence-electron chi connectivity index (χ0n) is 5.07. The predicted molar refractivity (Wildman–Crippen MR) is 30.2 cm³/mol. The summed E-state index contributed by atoms with van der Waals surface area (Å²) in [4.78, 5) is 10.3. The molecule has 0 aromatic heterocycles. The zero-order chi connectivity index (χ0) is 6.57. The van der Waals surface area contributed by atoms with Gasteiger partial charge in [-0.3, -0.25) is 4.79 Å². The molecule has 0 rings (SSSR count). The molecule has 0 fully saturated rings. The van der Waals surface area contributed by atoms with Gasteiger partial charge in [-0.15, -0.1) is 0 Å². The van der Waals surface area contributed by atoms with Gasteiger partial charge in [0.05, 0.1) is 0 Å². The van der Waals surface area contributed by atoms with Gasteiger partial charge in [0.1, 0.15) is 5.83 Å². The summed E-state index contributed by atoms with van der Waals surface area (Å²) in [7, 11) is 0. The quantitative estimate of drug-likeness (QED) is 0.503. The molecular formula is C6H9FO. The smallest absolute Gasteiger partial charge is 0.157 e. The van der Waals surface area contributed by atoms with Crippen molar-refractivity contribution >= 4 is 5.78 Å². The van der Waals surface area contributed by atoms with Crippen LogP contribution in [0, 0.1) is 0 Å². The van der Waals surface area contributed by atoms with Gasteiger partial charge in [0.25, 0.3) is 0 Å². The van der Waals surface area contributed by atoms with Gasteiger partial charge in [-0.1, -0.05) is 6.92 Å². The van der Waals surface area contributed by atoms with Crippen molar-refractivity contribution in [2.45, 2.75) is 20.3 Å². The summed E-state index contributed by atoms with van der Waals surface area (Å²) in [5.41, 5.74) is 0. The van der Waals surface area contributed by atoms with Gasteiger partial charge in [-0.2, -0.15) is 0 Å². The molecular weight excluding hydrogens is 107 g/mol. The van der Waals surface area contributed by atoms with Gasteiger partial charge in [-0.05, 0) is 6.92 Å². The number of hydrogen-bond donors (Lipinski definition) is 0. The predicted octanol–water partition coefficient (Wildman–Crippen LogP) is 1.84. The molecule has 0 unspecified atom stereocenters. The van der Waals surface area contributed by atoms with Crippen LogP contribution in [-0.2, 0) is 4.79 Å². The summed E-state index contributed by atoms with van der Waals surface area (Å²) >= 11 is 0. The zero-order valence-corrected chi connectivity index (χ0v) is 5.07. The van der Waals surface area contributed by atoms with E-state index in [1.165, 1.54) is 6.92 Å². The molecule has 0 saturated heterocycles. The van der Waals surface area contributed by atoms with Crippen LogP contribution in [0.1, 0.15) is 20.3 Å². The lowest BCUT2D eigenvalue weighted by molar-refractivity contribution is -0.114. The van der Waals surface area contributed by atoms with Gasteiger partial charge < -0.3 is 0 Å². The van der Waals surface area contributed by atoms with Crippen LogP contribution >= 0.6 is 0 Å². The SMILES string of the molecule is CCC(=O)C=C(C)F. The van der Waals surface area contributed by atoms with Crippen molar-refractivity contribution in [3.8, 4) is 0 Å². The molecule has 8 heavy (non-hydrogen) atoms. The number of allylic oxidation sites excluding steroid dienone is 2. The second-order valence-corrected chi connectivity index (χ2v) is 1.55. The third kappa shape index (κ3) is 3.53. The first-order valence-corrected chi connectivity index (χ1v) is 2.53. The first-order valence-electron chi connectivity index (χ1n) is 2.53. The molecule has 0 aliphatic heterocycles. The highest BCUT2D eigenvalue weighted by Crippen LogP contribution is 1.93. The van der Waals surface area contributed by atoms with Crippen LogP contribution in [0.2, 0.25) is 0 Å². The highest BCUT2D eigenvalue weighted by molar-refractivity contribution is 5.89. The third-order valence-electron chi connectivity index (χ3n) is 0.708. The number of rotatable bonds is 2. The normalized spacial score (nSPS) is 11.6. The van der Waals surface area contributed by atoms with E-state index in [-0.39, 0.29) is 5.78 Å². The Labute approximate surface area is 48.2 Å². The van der Waals surface area contributed by atoms with E-state index >= 15 is 0 Å². The lowest BCUT2D eigenvalue weighted by Crippen LogP contribution is -1.87. The second kappa shape index (κ2) is 3.36. The number of ketones is 1. The molecule has 0 aromatic carbocycles. The Morgan fingerprint density at radius 2 is 2.25 bits per heavy atom. The third-order valence-corrected chi connectivity index (χ3v) is 0.708. The fraction of sp³-hybridized carbons (Fsp3) is 0.500. The van der Waals surface area contributed by atoms with E-state index in [4.69, 9.17) is 0 Å². The van der Waals surface area contributed by atoms with Gasteiger partial charge >= 0.3 is 0 Å². The number of carbonyl (C=O) groups is 1. The maximum Gasteiger partial charge on any atom is 0.157 e. The van der Waals surface area contributed by atoms with E-state index in [1.807, 2.05) is 0 Å². The maximum absolute atomic E-state index is 11.8. The van der Waals surface area contributed by atoms with Crippen LogP contribution in [0.25, 0.3) is 0 Å². The molecule has 0 saturated carbocycles. The monoisotopic (exact) mass is 116 g/mol. The highest BCUT2D eigenvalue weighted by atomic mass is 19.1. The van der Waals surface area contributed by atoms with Crippen molar-refractivity contribution in [3.05, 3.63) is 11.9 Å². The summed E-state index contributed by atoms with van der Waals surface area (Å²) in [5.74, 6) is -0.582. The van der Waals surface area contributed by atoms with Crippen molar-refractivity contribution in [1.29, 1.82) is 0 Å². The average Bonchev–Trinajstić information content (AvgIpc) is 1.65. The van der Waals surface area contributed by atoms with Crippen molar-refractivity contribution in [2.24, 2.45) is 0 Å². The standard InChI is InChI=1S/C6H9FO/c1-3-6(8)4-5(2)7/h4H,3H2,1-2H3. The van der Waals surface area contributed by atoms with Gasteiger partial charge in [-0.25, -0.2) is 4.39 Å². The van der Waals surface area contributed by atoms with Crippen LogP contribution < -0.4 is 0 Å². The molecule has 0 aromatic rings. The van der Waals surface area contributed by atoms with Crippen LogP contribution in [0.4, 0.5) is 4.39 Å². The molecule has 0 bridgehead atoms. The Morgan fingerprint density at radius 1 is 1.75 bits per heavy atom. The maximum atomic E-state index is 11.8. The van der Waals surface area contributed by atoms with Crippen LogP contribution in [-0.4, -0.2) is 5.78 Å². The van der Waals surface area contributed by atoms with Crippen molar-refractivity contribution < 1.29 is 9.18 Å². The molecule has 0 aliphatic rings. The van der Waals surface area contributed by atoms with E-state index in [1.54, 1.807) is 6.92 Å². The summed E-state index contributed by atoms with van der Waals surface area (Å²) in [6, 6.07) is 0.